The van der Waals surface area contributed by atoms with Gasteiger partial charge in [0.05, 0.1) is 18.5 Å². The van der Waals surface area contributed by atoms with Gasteiger partial charge in [0.25, 0.3) is 0 Å². The summed E-state index contributed by atoms with van der Waals surface area (Å²) in [5, 5.41) is 5.62. The number of urea groups is 1. The van der Waals surface area contributed by atoms with E-state index in [9.17, 15) is 9.59 Å². The molecular formula is C19H23N3O2. The SMILES string of the molecule is Cc1ccccc1C(CC(=O)NC(C)c1ccccc1)NC(N)=O. The summed E-state index contributed by atoms with van der Waals surface area (Å²) in [5.74, 6) is -0.145. The van der Waals surface area contributed by atoms with Crippen LogP contribution in [0.25, 0.3) is 0 Å². The van der Waals surface area contributed by atoms with Crippen LogP contribution in [-0.4, -0.2) is 11.9 Å². The van der Waals surface area contributed by atoms with E-state index in [1.165, 1.54) is 0 Å². The Morgan fingerprint density at radius 1 is 1.00 bits per heavy atom. The van der Waals surface area contributed by atoms with Crippen molar-refractivity contribution in [1.82, 2.24) is 10.6 Å². The fourth-order valence-electron chi connectivity index (χ4n) is 2.70. The number of carbonyl (C=O) groups excluding carboxylic acids is 2. The summed E-state index contributed by atoms with van der Waals surface area (Å²) in [6.07, 6.45) is 0.130. The molecule has 0 spiro atoms. The summed E-state index contributed by atoms with van der Waals surface area (Å²) in [6.45, 7) is 3.87. The molecule has 2 aromatic carbocycles. The second-order valence-corrected chi connectivity index (χ2v) is 5.82. The molecule has 0 fully saturated rings. The van der Waals surface area contributed by atoms with E-state index in [4.69, 9.17) is 5.73 Å². The van der Waals surface area contributed by atoms with Gasteiger partial charge in [0, 0.05) is 0 Å². The Labute approximate surface area is 142 Å². The standard InChI is InChI=1S/C19H23N3O2/c1-13-8-6-7-11-16(13)17(22-19(20)24)12-18(23)21-14(2)15-9-4-3-5-10-15/h3-11,14,17H,12H2,1-2H3,(H,21,23)(H3,20,22,24). The molecule has 2 aromatic rings. The third-order valence-corrected chi connectivity index (χ3v) is 3.95. The second-order valence-electron chi connectivity index (χ2n) is 5.82. The van der Waals surface area contributed by atoms with Gasteiger partial charge in [-0.15, -0.1) is 0 Å². The van der Waals surface area contributed by atoms with Crippen molar-refractivity contribution in [2.75, 3.05) is 0 Å². The zero-order valence-corrected chi connectivity index (χ0v) is 14.0. The maximum atomic E-state index is 12.4. The van der Waals surface area contributed by atoms with Crippen molar-refractivity contribution in [2.24, 2.45) is 5.73 Å². The van der Waals surface area contributed by atoms with Crippen molar-refractivity contribution in [1.29, 1.82) is 0 Å². The summed E-state index contributed by atoms with van der Waals surface area (Å²) in [6, 6.07) is 16.1. The molecule has 5 nitrogen and oxygen atoms in total. The van der Waals surface area contributed by atoms with E-state index in [-0.39, 0.29) is 18.4 Å². The average Bonchev–Trinajstić information content (AvgIpc) is 2.55. The first-order valence-corrected chi connectivity index (χ1v) is 7.93. The van der Waals surface area contributed by atoms with Crippen LogP contribution in [0.4, 0.5) is 4.79 Å². The second kappa shape index (κ2) is 8.15. The molecule has 0 aliphatic rings. The monoisotopic (exact) mass is 325 g/mol. The number of primary amides is 1. The molecule has 4 N–H and O–H groups in total. The van der Waals surface area contributed by atoms with Gasteiger partial charge >= 0.3 is 6.03 Å². The largest absolute Gasteiger partial charge is 0.352 e. The normalized spacial score (nSPS) is 12.9. The Kier molecular flexibility index (Phi) is 5.95. The molecule has 0 radical (unpaired) electrons. The number of nitrogens with two attached hydrogens (primary N) is 1. The van der Waals surface area contributed by atoms with Crippen LogP contribution in [0.2, 0.25) is 0 Å². The average molecular weight is 325 g/mol. The van der Waals surface area contributed by atoms with Gasteiger partial charge < -0.3 is 16.4 Å². The lowest BCUT2D eigenvalue weighted by Crippen LogP contribution is -2.37. The molecule has 5 heteroatoms. The number of hydrogen-bond donors (Lipinski definition) is 3. The Morgan fingerprint density at radius 3 is 2.25 bits per heavy atom. The summed E-state index contributed by atoms with van der Waals surface area (Å²) in [5.41, 5.74) is 8.18. The van der Waals surface area contributed by atoms with Crippen molar-refractivity contribution in [2.45, 2.75) is 32.4 Å². The Hall–Kier alpha value is -2.82. The molecule has 0 aliphatic heterocycles. The zero-order valence-electron chi connectivity index (χ0n) is 14.0. The molecule has 0 aromatic heterocycles. The fraction of sp³-hybridized carbons (Fsp3) is 0.263. The number of benzene rings is 2. The first-order valence-electron chi connectivity index (χ1n) is 7.93. The highest BCUT2D eigenvalue weighted by Gasteiger charge is 2.20. The third kappa shape index (κ3) is 4.84. The van der Waals surface area contributed by atoms with Crippen molar-refractivity contribution in [3.8, 4) is 0 Å². The molecule has 0 bridgehead atoms. The van der Waals surface area contributed by atoms with E-state index in [1.54, 1.807) is 0 Å². The number of rotatable bonds is 6. The van der Waals surface area contributed by atoms with E-state index in [0.29, 0.717) is 0 Å². The number of carbonyl (C=O) groups is 2. The molecule has 0 heterocycles. The minimum Gasteiger partial charge on any atom is -0.352 e. The Morgan fingerprint density at radius 2 is 1.62 bits per heavy atom. The van der Waals surface area contributed by atoms with Gasteiger partial charge in [0.2, 0.25) is 5.91 Å². The van der Waals surface area contributed by atoms with Gasteiger partial charge in [0.15, 0.2) is 0 Å². The molecule has 0 aliphatic carbocycles. The quantitative estimate of drug-likeness (QED) is 0.763. The molecule has 0 saturated carbocycles. The van der Waals surface area contributed by atoms with Crippen LogP contribution in [0.15, 0.2) is 54.6 Å². The molecule has 2 atom stereocenters. The highest BCUT2D eigenvalue weighted by atomic mass is 16.2. The van der Waals surface area contributed by atoms with E-state index in [0.717, 1.165) is 16.7 Å². The predicted octanol–water partition coefficient (Wildman–Crippen LogP) is 2.97. The van der Waals surface area contributed by atoms with Crippen molar-refractivity contribution >= 4 is 11.9 Å². The van der Waals surface area contributed by atoms with Gasteiger partial charge in [-0.05, 0) is 30.5 Å². The fourth-order valence-corrected chi connectivity index (χ4v) is 2.70. The van der Waals surface area contributed by atoms with Crippen LogP contribution in [-0.2, 0) is 4.79 Å². The Bertz CT molecular complexity index is 701. The van der Waals surface area contributed by atoms with E-state index in [2.05, 4.69) is 10.6 Å². The lowest BCUT2D eigenvalue weighted by molar-refractivity contribution is -0.122. The predicted molar refractivity (Wildman–Crippen MR) is 94.3 cm³/mol. The highest BCUT2D eigenvalue weighted by molar-refractivity contribution is 5.79. The summed E-state index contributed by atoms with van der Waals surface area (Å²) in [7, 11) is 0. The zero-order chi connectivity index (χ0) is 17.5. The number of aryl methyl sites for hydroxylation is 1. The van der Waals surface area contributed by atoms with Gasteiger partial charge in [-0.25, -0.2) is 4.79 Å². The van der Waals surface area contributed by atoms with Gasteiger partial charge in [-0.3, -0.25) is 4.79 Å². The summed E-state index contributed by atoms with van der Waals surface area (Å²) >= 11 is 0. The molecule has 3 amide bonds. The van der Waals surface area contributed by atoms with Crippen molar-refractivity contribution in [3.63, 3.8) is 0 Å². The molecule has 2 unspecified atom stereocenters. The van der Waals surface area contributed by atoms with Crippen LogP contribution >= 0.6 is 0 Å². The molecule has 2 rings (SSSR count). The first-order chi connectivity index (χ1) is 11.5. The maximum absolute atomic E-state index is 12.4. The van der Waals surface area contributed by atoms with Crippen LogP contribution in [0.5, 0.6) is 0 Å². The number of hydrogen-bond acceptors (Lipinski definition) is 2. The third-order valence-electron chi connectivity index (χ3n) is 3.95. The van der Waals surface area contributed by atoms with Crippen LogP contribution in [0.1, 0.15) is 42.1 Å². The van der Waals surface area contributed by atoms with Gasteiger partial charge in [-0.1, -0.05) is 54.6 Å². The molecule has 0 saturated heterocycles. The van der Waals surface area contributed by atoms with E-state index < -0.39 is 12.1 Å². The molecule has 24 heavy (non-hydrogen) atoms. The highest BCUT2D eigenvalue weighted by Crippen LogP contribution is 2.21. The van der Waals surface area contributed by atoms with Gasteiger partial charge in [-0.2, -0.15) is 0 Å². The number of nitrogens with one attached hydrogen (secondary N) is 2. The summed E-state index contributed by atoms with van der Waals surface area (Å²) in [4.78, 5) is 23.7. The van der Waals surface area contributed by atoms with Crippen molar-refractivity contribution in [3.05, 3.63) is 71.3 Å². The van der Waals surface area contributed by atoms with Crippen LogP contribution in [0, 0.1) is 6.92 Å². The topological polar surface area (TPSA) is 84.2 Å². The van der Waals surface area contributed by atoms with Crippen molar-refractivity contribution < 1.29 is 9.59 Å². The minimum atomic E-state index is -0.646. The smallest absolute Gasteiger partial charge is 0.312 e. The van der Waals surface area contributed by atoms with Crippen LogP contribution < -0.4 is 16.4 Å². The van der Waals surface area contributed by atoms with Crippen LogP contribution in [0.3, 0.4) is 0 Å². The molecule has 126 valence electrons. The Balaban J connectivity index is 2.07. The lowest BCUT2D eigenvalue weighted by Gasteiger charge is -2.21. The minimum absolute atomic E-state index is 0.107. The van der Waals surface area contributed by atoms with E-state index in [1.807, 2.05) is 68.4 Å². The molecular weight excluding hydrogens is 302 g/mol. The van der Waals surface area contributed by atoms with Gasteiger partial charge in [0.1, 0.15) is 0 Å². The first kappa shape index (κ1) is 17.5. The maximum Gasteiger partial charge on any atom is 0.312 e. The lowest BCUT2D eigenvalue weighted by atomic mass is 9.98. The van der Waals surface area contributed by atoms with E-state index >= 15 is 0 Å². The summed E-state index contributed by atoms with van der Waals surface area (Å²) < 4.78 is 0. The number of amides is 3.